The molecule has 0 saturated heterocycles. The van der Waals surface area contributed by atoms with Gasteiger partial charge in [0.15, 0.2) is 5.16 Å². The van der Waals surface area contributed by atoms with Crippen molar-refractivity contribution in [1.29, 1.82) is 0 Å². The fourth-order valence-corrected chi connectivity index (χ4v) is 3.64. The van der Waals surface area contributed by atoms with Crippen LogP contribution in [0.25, 0.3) is 0 Å². The van der Waals surface area contributed by atoms with Gasteiger partial charge in [0.1, 0.15) is 5.82 Å². The second kappa shape index (κ2) is 6.55. The van der Waals surface area contributed by atoms with Crippen molar-refractivity contribution >= 4 is 46.7 Å². The van der Waals surface area contributed by atoms with Crippen molar-refractivity contribution in [3.05, 3.63) is 49.7 Å². The van der Waals surface area contributed by atoms with Crippen LogP contribution in [0.1, 0.15) is 30.4 Å². The fraction of sp³-hybridized carbons (Fsp3) is 0.267. The number of halogens is 2. The largest absolute Gasteiger partial charge is 0.310 e. The molecule has 2 heterocycles. The molecule has 120 valence electrons. The number of rotatable bonds is 3. The number of hydrogen-bond acceptors (Lipinski definition) is 4. The predicted octanol–water partition coefficient (Wildman–Crippen LogP) is 3.66. The maximum Gasteiger partial charge on any atom is 0.257 e. The number of aromatic nitrogens is 2. The lowest BCUT2D eigenvalue weighted by molar-refractivity contribution is -0.116. The van der Waals surface area contributed by atoms with E-state index in [1.165, 1.54) is 11.8 Å². The lowest BCUT2D eigenvalue weighted by Crippen LogP contribution is -2.31. The zero-order valence-corrected chi connectivity index (χ0v) is 14.5. The molecule has 3 rings (SSSR count). The molecule has 0 saturated carbocycles. The van der Waals surface area contributed by atoms with Gasteiger partial charge in [0.25, 0.3) is 5.56 Å². The zero-order valence-electron chi connectivity index (χ0n) is 12.2. The van der Waals surface area contributed by atoms with Gasteiger partial charge in [0.05, 0.1) is 15.6 Å². The molecule has 0 aliphatic carbocycles. The van der Waals surface area contributed by atoms with Crippen LogP contribution in [0.3, 0.4) is 0 Å². The molecule has 2 N–H and O–H groups in total. The third-order valence-corrected chi connectivity index (χ3v) is 5.16. The molecular weight excluding hydrogens is 357 g/mol. The van der Waals surface area contributed by atoms with Crippen LogP contribution in [0.15, 0.2) is 28.2 Å². The molecule has 0 unspecified atom stereocenters. The Morgan fingerprint density at radius 3 is 2.87 bits per heavy atom. The Bertz CT molecular complexity index is 838. The van der Waals surface area contributed by atoms with Gasteiger partial charge in [-0.15, -0.1) is 0 Å². The summed E-state index contributed by atoms with van der Waals surface area (Å²) in [5, 5.41) is 3.90. The van der Waals surface area contributed by atoms with E-state index in [1.54, 1.807) is 18.2 Å². The van der Waals surface area contributed by atoms with E-state index in [9.17, 15) is 9.59 Å². The van der Waals surface area contributed by atoms with Gasteiger partial charge in [-0.1, -0.05) is 54.0 Å². The quantitative estimate of drug-likeness (QED) is 0.639. The molecule has 5 nitrogen and oxygen atoms in total. The monoisotopic (exact) mass is 369 g/mol. The summed E-state index contributed by atoms with van der Waals surface area (Å²) in [5.41, 5.74) is 0.791. The maximum absolute atomic E-state index is 12.5. The van der Waals surface area contributed by atoms with Crippen molar-refractivity contribution in [1.82, 2.24) is 9.97 Å². The van der Waals surface area contributed by atoms with Crippen LogP contribution >= 0.6 is 35.0 Å². The van der Waals surface area contributed by atoms with Crippen LogP contribution in [-0.4, -0.2) is 21.6 Å². The molecule has 1 aliphatic rings. The Morgan fingerprint density at radius 1 is 1.35 bits per heavy atom. The van der Waals surface area contributed by atoms with E-state index in [-0.39, 0.29) is 17.9 Å². The molecule has 2 aromatic rings. The zero-order chi connectivity index (χ0) is 16.6. The smallest absolute Gasteiger partial charge is 0.257 e. The standard InChI is InChI=1S/C15H13Cl2N3O2S/c1-2-23-15-19-13-11(14(22)20-15)8(6-10(21)18-13)7-4-3-5-9(16)12(7)17/h3-5,8H,2,6H2,1H3,(H2,18,19,20,21,22)/t8-/m0/s1. The highest BCUT2D eigenvalue weighted by Gasteiger charge is 2.32. The van der Waals surface area contributed by atoms with Crippen molar-refractivity contribution in [2.24, 2.45) is 0 Å². The molecule has 0 radical (unpaired) electrons. The number of benzene rings is 1. The van der Waals surface area contributed by atoms with Crippen LogP contribution in [0, 0.1) is 0 Å². The van der Waals surface area contributed by atoms with E-state index in [4.69, 9.17) is 23.2 Å². The van der Waals surface area contributed by atoms with Gasteiger partial charge in [-0.25, -0.2) is 4.98 Å². The third kappa shape index (κ3) is 3.11. The summed E-state index contributed by atoms with van der Waals surface area (Å²) in [6.07, 6.45) is 0.123. The third-order valence-electron chi connectivity index (χ3n) is 3.57. The van der Waals surface area contributed by atoms with Crippen LogP contribution in [0.4, 0.5) is 5.82 Å². The molecule has 0 bridgehead atoms. The van der Waals surface area contributed by atoms with E-state index >= 15 is 0 Å². The number of anilines is 1. The number of nitrogens with zero attached hydrogens (tertiary/aromatic N) is 1. The van der Waals surface area contributed by atoms with Gasteiger partial charge >= 0.3 is 0 Å². The topological polar surface area (TPSA) is 74.8 Å². The first-order valence-corrected chi connectivity index (χ1v) is 8.76. The highest BCUT2D eigenvalue weighted by atomic mass is 35.5. The van der Waals surface area contributed by atoms with E-state index in [0.717, 1.165) is 5.75 Å². The minimum Gasteiger partial charge on any atom is -0.310 e. The minimum atomic E-state index is -0.470. The molecule has 1 aromatic heterocycles. The number of carbonyl (C=O) groups is 1. The number of fused-ring (bicyclic) bond motifs is 1. The molecule has 23 heavy (non-hydrogen) atoms. The number of aromatic amines is 1. The summed E-state index contributed by atoms with van der Waals surface area (Å²) in [6, 6.07) is 5.19. The van der Waals surface area contributed by atoms with Crippen molar-refractivity contribution in [3.63, 3.8) is 0 Å². The number of amides is 1. The maximum atomic E-state index is 12.5. The van der Waals surface area contributed by atoms with Gasteiger partial charge < -0.3 is 10.3 Å². The Kier molecular flexibility index (Phi) is 4.66. The van der Waals surface area contributed by atoms with E-state index < -0.39 is 5.92 Å². The summed E-state index contributed by atoms with van der Waals surface area (Å²) in [6.45, 7) is 1.96. The highest BCUT2D eigenvalue weighted by Crippen LogP contribution is 2.39. The van der Waals surface area contributed by atoms with Crippen LogP contribution in [0.2, 0.25) is 10.0 Å². The molecular formula is C15H13Cl2N3O2S. The van der Waals surface area contributed by atoms with Gasteiger partial charge in [0.2, 0.25) is 5.91 Å². The Hall–Kier alpha value is -1.50. The van der Waals surface area contributed by atoms with Gasteiger partial charge in [-0.3, -0.25) is 9.59 Å². The summed E-state index contributed by atoms with van der Waals surface area (Å²) in [5.74, 6) is 0.382. The van der Waals surface area contributed by atoms with Crippen LogP contribution in [-0.2, 0) is 4.79 Å². The average molecular weight is 370 g/mol. The number of thioether (sulfide) groups is 1. The average Bonchev–Trinajstić information content (AvgIpc) is 2.49. The number of nitrogens with one attached hydrogen (secondary N) is 2. The minimum absolute atomic E-state index is 0.123. The van der Waals surface area contributed by atoms with Crippen LogP contribution < -0.4 is 10.9 Å². The predicted molar refractivity (Wildman–Crippen MR) is 92.8 cm³/mol. The van der Waals surface area contributed by atoms with E-state index in [1.807, 2.05) is 6.92 Å². The fourth-order valence-electron chi connectivity index (χ4n) is 2.61. The first-order chi connectivity index (χ1) is 11.0. The van der Waals surface area contributed by atoms with Gasteiger partial charge in [-0.2, -0.15) is 0 Å². The van der Waals surface area contributed by atoms with Crippen molar-refractivity contribution in [2.45, 2.75) is 24.4 Å². The first kappa shape index (κ1) is 16.4. The Labute approximate surface area is 146 Å². The summed E-state index contributed by atoms with van der Waals surface area (Å²) in [4.78, 5) is 31.6. The van der Waals surface area contributed by atoms with Gasteiger partial charge in [-0.05, 0) is 17.4 Å². The summed E-state index contributed by atoms with van der Waals surface area (Å²) < 4.78 is 0. The summed E-state index contributed by atoms with van der Waals surface area (Å²) >= 11 is 13.7. The first-order valence-electron chi connectivity index (χ1n) is 7.02. The normalized spacial score (nSPS) is 16.8. The van der Waals surface area contributed by atoms with Crippen LogP contribution in [0.5, 0.6) is 0 Å². The molecule has 0 spiro atoms. The number of carbonyl (C=O) groups excluding carboxylic acids is 1. The molecule has 1 aromatic carbocycles. The molecule has 1 amide bonds. The lowest BCUT2D eigenvalue weighted by atomic mass is 9.87. The highest BCUT2D eigenvalue weighted by molar-refractivity contribution is 7.99. The molecule has 1 aliphatic heterocycles. The van der Waals surface area contributed by atoms with E-state index in [2.05, 4.69) is 15.3 Å². The molecule has 1 atom stereocenters. The Morgan fingerprint density at radius 2 is 2.13 bits per heavy atom. The molecule has 0 fully saturated rings. The number of hydrogen-bond donors (Lipinski definition) is 2. The van der Waals surface area contributed by atoms with Crippen molar-refractivity contribution in [2.75, 3.05) is 11.1 Å². The SMILES string of the molecule is CCSc1nc2c(c(=O)[nH]1)[C@H](c1cccc(Cl)c1Cl)CC(=O)N2. The van der Waals surface area contributed by atoms with Crippen molar-refractivity contribution in [3.8, 4) is 0 Å². The molecule has 8 heteroatoms. The Balaban J connectivity index is 2.17. The second-order valence-electron chi connectivity index (χ2n) is 5.01. The second-order valence-corrected chi connectivity index (χ2v) is 7.05. The van der Waals surface area contributed by atoms with E-state index in [0.29, 0.717) is 32.1 Å². The van der Waals surface area contributed by atoms with Gasteiger partial charge in [0, 0.05) is 12.3 Å². The lowest BCUT2D eigenvalue weighted by Gasteiger charge is -2.25. The van der Waals surface area contributed by atoms with Crippen molar-refractivity contribution < 1.29 is 4.79 Å². The summed E-state index contributed by atoms with van der Waals surface area (Å²) in [7, 11) is 0. The number of H-pyrrole nitrogens is 1.